The zero-order valence-corrected chi connectivity index (χ0v) is 73.9. The van der Waals surface area contributed by atoms with Crippen LogP contribution in [0.1, 0.15) is 107 Å². The van der Waals surface area contributed by atoms with Gasteiger partial charge in [0, 0.05) is 58.5 Å². The van der Waals surface area contributed by atoms with Gasteiger partial charge in [0.2, 0.25) is 0 Å². The molecule has 0 fully saturated rings. The maximum atomic E-state index is 13.8. The first-order valence-corrected chi connectivity index (χ1v) is 42.7. The number of rotatable bonds is 16. The molecule has 0 aliphatic rings. The van der Waals surface area contributed by atoms with Crippen LogP contribution in [0.2, 0.25) is 5.02 Å². The number of nitrogens with one attached hydrogen (secondary N) is 1. The van der Waals surface area contributed by atoms with E-state index in [1.54, 1.807) is 64.6 Å². The van der Waals surface area contributed by atoms with Gasteiger partial charge in [-0.05, 0) is 164 Å². The van der Waals surface area contributed by atoms with E-state index in [2.05, 4.69) is 80.2 Å². The van der Waals surface area contributed by atoms with Crippen molar-refractivity contribution in [3.8, 4) is 34.0 Å². The summed E-state index contributed by atoms with van der Waals surface area (Å²) in [5, 5.41) is 44.9. The standard InChI is InChI=1S/C25H19ClN8O.C25H24N6O2.C25H24N6O.C24H20N6O2/c1-14-5-2-3-8-19(14)34-17(9-15-6-4-7-18(26)20(15)25(34)35)12-33-24-21(23(27)28-13-29-24)22(32-33)16-10-30-31-11-16;1-15-8-7-9-16-12-18(31(24(32)19(15)16)17-10-5-4-6-11-17)13-30-23-20(22(26)27-14-28-23)21(29-30)25(2,3)33;1-15(2)22-21-23(26)27-14-28-24(21)30(29-22)13-19-12-17-9-7-8-16(3)20(17)25(32)31(19)18-10-5-4-6-11-18;1-14-7-6-8-16-11-18(30(24(32)19(14)16)17-9-4-3-5-10-17)12-29-23-20(21(28-29)15(2)31)22(25)26-13-27-23/h2-11,13H,12H2,1H3,(H,30,31)(H2,27,28,29);4-12,14,33H,13H2,1-3H3,(H2,26,27,28);4-12,14-15H,13H2,1-3H3,(H2,26,27,28);3-11,13H,12H2,1-2H3,(H2,25,26,27). The van der Waals surface area contributed by atoms with Gasteiger partial charge < -0.3 is 28.0 Å². The molecule has 0 atom stereocenters. The van der Waals surface area contributed by atoms with Crippen LogP contribution in [-0.4, -0.2) is 118 Å². The van der Waals surface area contributed by atoms with Crippen LogP contribution in [-0.2, 0) is 31.8 Å². The third kappa shape index (κ3) is 15.9. The average Bonchev–Trinajstić information content (AvgIpc) is 1.49. The summed E-state index contributed by atoms with van der Waals surface area (Å²) in [6.07, 6.45) is 8.98. The van der Waals surface area contributed by atoms with Crippen molar-refractivity contribution in [3.63, 3.8) is 0 Å². The number of H-pyrrole nitrogens is 1. The second kappa shape index (κ2) is 35.1. The molecule has 21 rings (SSSR count). The molecule has 13 aromatic heterocycles. The van der Waals surface area contributed by atoms with Crippen LogP contribution in [0.15, 0.2) is 269 Å². The number of hydrogen-bond acceptors (Lipinski definition) is 23. The van der Waals surface area contributed by atoms with Crippen LogP contribution < -0.4 is 45.2 Å². The number of benzene rings is 8. The number of aliphatic hydroxyl groups is 1. The lowest BCUT2D eigenvalue weighted by atomic mass is 10.0. The molecule has 0 saturated heterocycles. The molecule has 0 saturated carbocycles. The number of para-hydroxylation sites is 4. The minimum absolute atomic E-state index is 0.0449. The molecule has 0 unspecified atom stereocenters. The Balaban J connectivity index is 0.000000118. The summed E-state index contributed by atoms with van der Waals surface area (Å²) >= 11 is 6.46. The molecule has 32 nitrogen and oxygen atoms in total. The van der Waals surface area contributed by atoms with Gasteiger partial charge in [0.1, 0.15) is 71.3 Å². The molecular formula is C99H87ClN26O6. The number of anilines is 4. The predicted octanol–water partition coefficient (Wildman–Crippen LogP) is 14.9. The highest BCUT2D eigenvalue weighted by molar-refractivity contribution is 6.35. The molecule has 0 radical (unpaired) electrons. The highest BCUT2D eigenvalue weighted by atomic mass is 35.5. The summed E-state index contributed by atoms with van der Waals surface area (Å²) in [7, 11) is 0. The fourth-order valence-corrected chi connectivity index (χ4v) is 17.4. The highest BCUT2D eigenvalue weighted by Gasteiger charge is 2.30. The summed E-state index contributed by atoms with van der Waals surface area (Å²) in [6.45, 7) is 17.7. The number of nitrogens with zero attached hydrogens (tertiary/aromatic N) is 21. The molecule has 0 bridgehead atoms. The molecule has 21 aromatic rings. The number of nitrogens with two attached hydrogens (primary N) is 4. The molecule has 8 aromatic carbocycles. The lowest BCUT2D eigenvalue weighted by molar-refractivity contribution is 0.0745. The first kappa shape index (κ1) is 85.9. The number of aryl methyl sites for hydroxylation is 4. The number of halogens is 1. The van der Waals surface area contributed by atoms with Gasteiger partial charge in [0.25, 0.3) is 22.2 Å². The van der Waals surface area contributed by atoms with Crippen molar-refractivity contribution in [2.24, 2.45) is 0 Å². The third-order valence-corrected chi connectivity index (χ3v) is 23.5. The smallest absolute Gasteiger partial charge is 0.264 e. The minimum atomic E-state index is -1.25. The Morgan fingerprint density at radius 3 is 1.21 bits per heavy atom. The third-order valence-electron chi connectivity index (χ3n) is 23.2. The summed E-state index contributed by atoms with van der Waals surface area (Å²) < 4.78 is 13.7. The number of Topliss-reactive ketones (excluding diaryl/α,β-unsaturated/α-hetero) is 1. The summed E-state index contributed by atoms with van der Waals surface area (Å²) in [5.41, 5.74) is 37.6. The number of aromatic nitrogens is 22. The van der Waals surface area contributed by atoms with E-state index in [1.807, 2.05) is 233 Å². The van der Waals surface area contributed by atoms with Crippen molar-refractivity contribution >= 4 is 128 Å². The molecule has 13 heterocycles. The Morgan fingerprint density at radius 1 is 0.409 bits per heavy atom. The van der Waals surface area contributed by atoms with Crippen LogP contribution in [0.4, 0.5) is 23.3 Å². The maximum absolute atomic E-state index is 13.8. The molecule has 656 valence electrons. The SMILES string of the molecule is CC(=O)c1nn(Cc2cc3cccc(C)c3c(=O)n2-c2ccccc2)c2ncnc(N)c12.Cc1cccc2cc(Cn3nc(C(C)(C)O)c4c(N)ncnc43)n(-c3ccccc3)c(=O)c12.Cc1cccc2cc(Cn3nc(C(C)C)c4c(N)ncnc43)n(-c3ccccc3)c(=O)c12.Cc1ccccc1-n1c(Cn2nc(-c3cn[nH]c3)c3c(N)ncnc32)cc2cccc(Cl)c2c1=O. The number of ketones is 1. The van der Waals surface area contributed by atoms with Gasteiger partial charge in [-0.25, -0.2) is 58.6 Å². The van der Waals surface area contributed by atoms with Crippen LogP contribution in [0.5, 0.6) is 0 Å². The molecule has 0 spiro atoms. The molecule has 132 heavy (non-hydrogen) atoms. The first-order valence-electron chi connectivity index (χ1n) is 42.3. The highest BCUT2D eigenvalue weighted by Crippen LogP contribution is 2.36. The van der Waals surface area contributed by atoms with E-state index in [1.165, 1.54) is 32.2 Å². The van der Waals surface area contributed by atoms with E-state index < -0.39 is 5.60 Å². The van der Waals surface area contributed by atoms with Crippen LogP contribution >= 0.6 is 11.6 Å². The van der Waals surface area contributed by atoms with E-state index in [0.29, 0.717) is 95.2 Å². The lowest BCUT2D eigenvalue weighted by Gasteiger charge is -2.17. The van der Waals surface area contributed by atoms with Crippen molar-refractivity contribution in [1.82, 2.24) is 107 Å². The Kier molecular flexibility index (Phi) is 22.8. The van der Waals surface area contributed by atoms with Gasteiger partial charge in [-0.1, -0.05) is 165 Å². The van der Waals surface area contributed by atoms with Crippen molar-refractivity contribution in [2.75, 3.05) is 22.9 Å². The molecule has 0 aliphatic heterocycles. The number of aromatic amines is 1. The number of carbonyl (C=O) groups is 1. The zero-order chi connectivity index (χ0) is 92.2. The second-order valence-corrected chi connectivity index (χ2v) is 33.3. The quantitative estimate of drug-likeness (QED) is 0.0489. The second-order valence-electron chi connectivity index (χ2n) is 32.9. The maximum Gasteiger partial charge on any atom is 0.264 e. The van der Waals surface area contributed by atoms with Crippen LogP contribution in [0, 0.1) is 27.7 Å². The Bertz CT molecular complexity index is 8380. The lowest BCUT2D eigenvalue weighted by Crippen LogP contribution is -2.24. The molecular weight excluding hydrogens is 1680 g/mol. The fourth-order valence-electron chi connectivity index (χ4n) is 17.1. The first-order chi connectivity index (χ1) is 63.7. The van der Waals surface area contributed by atoms with E-state index in [4.69, 9.17) is 44.7 Å². The Hall–Kier alpha value is -16.9. The largest absolute Gasteiger partial charge is 0.384 e. The molecule has 33 heteroatoms. The van der Waals surface area contributed by atoms with Crippen molar-refractivity contribution in [3.05, 3.63) is 359 Å². The van der Waals surface area contributed by atoms with Gasteiger partial charge in [0.15, 0.2) is 28.4 Å². The normalized spacial score (nSPS) is 11.6. The average molecular weight is 1770 g/mol. The number of nitrogen functional groups attached to an aromatic ring is 4. The predicted molar refractivity (Wildman–Crippen MR) is 514 cm³/mol. The Morgan fingerprint density at radius 2 is 0.773 bits per heavy atom. The summed E-state index contributed by atoms with van der Waals surface area (Å²) in [4.78, 5) is 101. The van der Waals surface area contributed by atoms with E-state index in [-0.39, 0.29) is 70.9 Å². The zero-order valence-electron chi connectivity index (χ0n) is 73.1. The molecule has 0 aliphatic carbocycles. The Labute approximate surface area is 756 Å². The van der Waals surface area contributed by atoms with Gasteiger partial charge in [0.05, 0.1) is 91.9 Å². The van der Waals surface area contributed by atoms with Crippen molar-refractivity contribution in [2.45, 2.75) is 100 Å². The van der Waals surface area contributed by atoms with Crippen LogP contribution in [0.3, 0.4) is 0 Å². The van der Waals surface area contributed by atoms with Gasteiger partial charge >= 0.3 is 0 Å². The van der Waals surface area contributed by atoms with E-state index in [9.17, 15) is 29.1 Å². The number of fused-ring (bicyclic) bond motifs is 8. The summed E-state index contributed by atoms with van der Waals surface area (Å²) in [6, 6.07) is 67.3. The topological polar surface area (TPSA) is 432 Å². The summed E-state index contributed by atoms with van der Waals surface area (Å²) in [5.74, 6) is 1.10. The van der Waals surface area contributed by atoms with E-state index >= 15 is 0 Å². The monoisotopic (exact) mass is 1770 g/mol. The van der Waals surface area contributed by atoms with Gasteiger partial charge in [-0.15, -0.1) is 0 Å². The molecule has 0 amide bonds. The van der Waals surface area contributed by atoms with E-state index in [0.717, 1.165) is 106 Å². The minimum Gasteiger partial charge on any atom is -0.384 e. The van der Waals surface area contributed by atoms with Crippen LogP contribution in [0.25, 0.3) is 121 Å². The van der Waals surface area contributed by atoms with Crippen molar-refractivity contribution < 1.29 is 9.90 Å². The number of pyridine rings is 4. The van der Waals surface area contributed by atoms with Gasteiger partial charge in [-0.2, -0.15) is 25.5 Å². The fraction of sp³-hybridized carbons (Fsp3) is 0.152. The van der Waals surface area contributed by atoms with Gasteiger partial charge in [-0.3, -0.25) is 47.3 Å². The number of hydrogen-bond donors (Lipinski definition) is 6. The molecule has 10 N–H and O–H groups in total. The number of carbonyl (C=O) groups excluding carboxylic acids is 1. The van der Waals surface area contributed by atoms with Crippen molar-refractivity contribution in [1.29, 1.82) is 0 Å².